The fourth-order valence-electron chi connectivity index (χ4n) is 2.44. The monoisotopic (exact) mass is 282 g/mol. The maximum absolute atomic E-state index is 12.4. The molecule has 1 amide bonds. The fourth-order valence-corrected chi connectivity index (χ4v) is 3.31. The summed E-state index contributed by atoms with van der Waals surface area (Å²) in [6.07, 6.45) is 2.14. The molecule has 1 aromatic heterocycles. The maximum atomic E-state index is 12.4. The van der Waals surface area contributed by atoms with Gasteiger partial charge in [0.15, 0.2) is 0 Å². The van der Waals surface area contributed by atoms with Gasteiger partial charge >= 0.3 is 0 Å². The molecule has 0 aromatic carbocycles. The first-order valence-electron chi connectivity index (χ1n) is 6.77. The fraction of sp³-hybridized carbons (Fsp3) is 0.643. The standard InChI is InChI=1S/C14H22N2O2S/c1-11(10-17)15(2)9-14(18)16-7-3-5-12(16)13-6-4-8-19-13/h4,6,8,11-12,17H,3,5,7,9-10H2,1-2H3. The minimum Gasteiger partial charge on any atom is -0.395 e. The van der Waals surface area contributed by atoms with Crippen LogP contribution in [0.2, 0.25) is 0 Å². The summed E-state index contributed by atoms with van der Waals surface area (Å²) in [6, 6.07) is 4.43. The lowest BCUT2D eigenvalue weighted by atomic mass is 10.2. The average Bonchev–Trinajstić information content (AvgIpc) is 3.06. The Morgan fingerprint density at radius 1 is 1.68 bits per heavy atom. The Labute approximate surface area is 118 Å². The molecule has 0 aliphatic carbocycles. The van der Waals surface area contributed by atoms with Gasteiger partial charge in [-0.15, -0.1) is 11.3 Å². The van der Waals surface area contributed by atoms with Crippen LogP contribution in [0.4, 0.5) is 0 Å². The van der Waals surface area contributed by atoms with Crippen molar-refractivity contribution >= 4 is 17.2 Å². The molecule has 2 atom stereocenters. The number of aliphatic hydroxyl groups excluding tert-OH is 1. The Morgan fingerprint density at radius 3 is 3.11 bits per heavy atom. The first-order valence-corrected chi connectivity index (χ1v) is 7.65. The minimum absolute atomic E-state index is 0.0201. The second-order valence-electron chi connectivity index (χ2n) is 5.21. The number of rotatable bonds is 5. The summed E-state index contributed by atoms with van der Waals surface area (Å²) in [5.74, 6) is 0.165. The Hall–Kier alpha value is -0.910. The number of hydrogen-bond acceptors (Lipinski definition) is 4. The molecule has 0 saturated carbocycles. The molecule has 19 heavy (non-hydrogen) atoms. The van der Waals surface area contributed by atoms with Crippen LogP contribution in [0.3, 0.4) is 0 Å². The molecule has 4 nitrogen and oxygen atoms in total. The first-order chi connectivity index (χ1) is 9.13. The van der Waals surface area contributed by atoms with Crippen LogP contribution in [-0.2, 0) is 4.79 Å². The van der Waals surface area contributed by atoms with Gasteiger partial charge in [-0.25, -0.2) is 0 Å². The lowest BCUT2D eigenvalue weighted by molar-refractivity contribution is -0.133. The van der Waals surface area contributed by atoms with E-state index in [4.69, 9.17) is 5.11 Å². The Bertz CT molecular complexity index is 408. The highest BCUT2D eigenvalue weighted by Gasteiger charge is 2.31. The molecule has 0 bridgehead atoms. The van der Waals surface area contributed by atoms with Crippen LogP contribution in [0.25, 0.3) is 0 Å². The lowest BCUT2D eigenvalue weighted by Gasteiger charge is -2.28. The molecular formula is C14H22N2O2S. The third-order valence-corrected chi connectivity index (χ3v) is 4.82. The van der Waals surface area contributed by atoms with Gasteiger partial charge in [0, 0.05) is 17.5 Å². The number of likely N-dealkylation sites (N-methyl/N-ethyl adjacent to an activating group) is 1. The van der Waals surface area contributed by atoms with Gasteiger partial charge < -0.3 is 10.0 Å². The molecule has 2 rings (SSSR count). The number of carbonyl (C=O) groups excluding carboxylic acids is 1. The van der Waals surface area contributed by atoms with Crippen molar-refractivity contribution < 1.29 is 9.90 Å². The molecule has 2 heterocycles. The van der Waals surface area contributed by atoms with Gasteiger partial charge in [-0.1, -0.05) is 6.07 Å². The van der Waals surface area contributed by atoms with Gasteiger partial charge in [0.05, 0.1) is 19.2 Å². The van der Waals surface area contributed by atoms with Crippen molar-refractivity contribution in [3.05, 3.63) is 22.4 Å². The summed E-state index contributed by atoms with van der Waals surface area (Å²) in [4.78, 5) is 17.6. The van der Waals surface area contributed by atoms with E-state index in [1.54, 1.807) is 11.3 Å². The molecule has 1 aliphatic heterocycles. The van der Waals surface area contributed by atoms with Gasteiger partial charge in [0.2, 0.25) is 5.91 Å². The highest BCUT2D eigenvalue weighted by Crippen LogP contribution is 2.34. The van der Waals surface area contributed by atoms with E-state index < -0.39 is 0 Å². The van der Waals surface area contributed by atoms with Gasteiger partial charge in [0.25, 0.3) is 0 Å². The minimum atomic E-state index is 0.0201. The quantitative estimate of drug-likeness (QED) is 0.894. The van der Waals surface area contributed by atoms with Crippen molar-refractivity contribution in [1.82, 2.24) is 9.80 Å². The summed E-state index contributed by atoms with van der Waals surface area (Å²) in [7, 11) is 1.88. The van der Waals surface area contributed by atoms with Crippen molar-refractivity contribution in [3.8, 4) is 0 Å². The van der Waals surface area contributed by atoms with Crippen molar-refractivity contribution in [1.29, 1.82) is 0 Å². The van der Waals surface area contributed by atoms with E-state index >= 15 is 0 Å². The normalized spacial score (nSPS) is 21.1. The van der Waals surface area contributed by atoms with E-state index in [0.29, 0.717) is 6.54 Å². The molecule has 1 saturated heterocycles. The number of amides is 1. The Morgan fingerprint density at radius 2 is 2.47 bits per heavy atom. The number of likely N-dealkylation sites (tertiary alicyclic amines) is 1. The first kappa shape index (κ1) is 14.5. The maximum Gasteiger partial charge on any atom is 0.237 e. The van der Waals surface area contributed by atoms with E-state index in [0.717, 1.165) is 19.4 Å². The molecular weight excluding hydrogens is 260 g/mol. The predicted molar refractivity (Wildman–Crippen MR) is 77.2 cm³/mol. The number of aliphatic hydroxyl groups is 1. The van der Waals surface area contributed by atoms with Crippen LogP contribution in [0.5, 0.6) is 0 Å². The molecule has 0 radical (unpaired) electrons. The highest BCUT2D eigenvalue weighted by atomic mass is 32.1. The predicted octanol–water partition coefficient (Wildman–Crippen LogP) is 1.72. The van der Waals surface area contributed by atoms with E-state index in [2.05, 4.69) is 11.4 Å². The molecule has 106 valence electrons. The molecule has 1 aromatic rings. The van der Waals surface area contributed by atoms with Crippen LogP contribution in [-0.4, -0.2) is 53.6 Å². The van der Waals surface area contributed by atoms with Crippen molar-refractivity contribution in [2.75, 3.05) is 26.7 Å². The van der Waals surface area contributed by atoms with Crippen molar-refractivity contribution in [2.24, 2.45) is 0 Å². The number of nitrogens with zero attached hydrogens (tertiary/aromatic N) is 2. The van der Waals surface area contributed by atoms with Crippen LogP contribution in [0.1, 0.15) is 30.7 Å². The van der Waals surface area contributed by atoms with Crippen molar-refractivity contribution in [3.63, 3.8) is 0 Å². The van der Waals surface area contributed by atoms with Gasteiger partial charge in [0.1, 0.15) is 0 Å². The van der Waals surface area contributed by atoms with Crippen LogP contribution >= 0.6 is 11.3 Å². The molecule has 0 spiro atoms. The SMILES string of the molecule is CC(CO)N(C)CC(=O)N1CCCC1c1cccs1. The summed E-state index contributed by atoms with van der Waals surface area (Å²) in [5.41, 5.74) is 0. The average molecular weight is 282 g/mol. The Balaban J connectivity index is 1.98. The largest absolute Gasteiger partial charge is 0.395 e. The van der Waals surface area contributed by atoms with E-state index in [1.807, 2.05) is 29.8 Å². The second kappa shape index (κ2) is 6.50. The summed E-state index contributed by atoms with van der Waals surface area (Å²) < 4.78 is 0. The molecule has 5 heteroatoms. The van der Waals surface area contributed by atoms with Gasteiger partial charge in [-0.05, 0) is 38.3 Å². The second-order valence-corrected chi connectivity index (χ2v) is 6.19. The third-order valence-electron chi connectivity index (χ3n) is 3.85. The molecule has 1 fully saturated rings. The topological polar surface area (TPSA) is 43.8 Å². The molecule has 1 aliphatic rings. The number of hydrogen-bond donors (Lipinski definition) is 1. The summed E-state index contributed by atoms with van der Waals surface area (Å²) >= 11 is 1.72. The zero-order valence-electron chi connectivity index (χ0n) is 11.6. The van der Waals surface area contributed by atoms with Crippen LogP contribution in [0, 0.1) is 0 Å². The zero-order valence-corrected chi connectivity index (χ0v) is 12.4. The molecule has 1 N–H and O–H groups in total. The van der Waals surface area contributed by atoms with Gasteiger partial charge in [-0.3, -0.25) is 9.69 Å². The number of carbonyl (C=O) groups is 1. The number of thiophene rings is 1. The van der Waals surface area contributed by atoms with Crippen LogP contribution < -0.4 is 0 Å². The zero-order chi connectivity index (χ0) is 13.8. The van der Waals surface area contributed by atoms with E-state index in [1.165, 1.54) is 4.88 Å². The molecule has 2 unspecified atom stereocenters. The highest BCUT2D eigenvalue weighted by molar-refractivity contribution is 7.10. The van der Waals surface area contributed by atoms with Crippen LogP contribution in [0.15, 0.2) is 17.5 Å². The third kappa shape index (κ3) is 3.35. The van der Waals surface area contributed by atoms with E-state index in [-0.39, 0.29) is 24.6 Å². The Kier molecular flexibility index (Phi) is 4.96. The summed E-state index contributed by atoms with van der Waals surface area (Å²) in [6.45, 7) is 3.23. The lowest BCUT2D eigenvalue weighted by Crippen LogP contribution is -2.42. The summed E-state index contributed by atoms with van der Waals surface area (Å²) in [5, 5.41) is 11.2. The van der Waals surface area contributed by atoms with E-state index in [9.17, 15) is 4.79 Å². The van der Waals surface area contributed by atoms with Crippen molar-refractivity contribution in [2.45, 2.75) is 31.8 Å². The van der Waals surface area contributed by atoms with Gasteiger partial charge in [-0.2, -0.15) is 0 Å². The smallest absolute Gasteiger partial charge is 0.237 e.